The molecule has 2 aliphatic heterocycles. The monoisotopic (exact) mass is 1030 g/mol. The first kappa shape index (κ1) is 44.0. The van der Waals surface area contributed by atoms with Crippen LogP contribution in [0.3, 0.4) is 0 Å². The lowest BCUT2D eigenvalue weighted by Gasteiger charge is -2.15. The van der Waals surface area contributed by atoms with E-state index < -0.39 is 0 Å². The van der Waals surface area contributed by atoms with Gasteiger partial charge in [0.05, 0.1) is 86.4 Å². The predicted octanol–water partition coefficient (Wildman–Crippen LogP) is 16.3. The summed E-state index contributed by atoms with van der Waals surface area (Å²) in [4.78, 5) is 36.4. The Morgan fingerprint density at radius 1 is 0.419 bits per heavy atom. The summed E-state index contributed by atoms with van der Waals surface area (Å²) in [6.07, 6.45) is 1.44. The highest BCUT2D eigenvalue weighted by Crippen LogP contribution is 2.54. The SMILES string of the molecule is CC(C)CCOc1c(Cl)c(Cl)c2c(c1Cl)-c1nc-2nc2[nH]c(nc3nc(nc4[nH]c(n1)c1c(Cl)c(OCCC(C)C)c(Cl)c(Cl)c41)-c1c(Cl)c(Cl)c(Cl)c(Cl)c1-3)c1ccccc21. The summed E-state index contributed by atoms with van der Waals surface area (Å²) >= 11 is 69.8. The Labute approximate surface area is 403 Å². The van der Waals surface area contributed by atoms with E-state index in [4.69, 9.17) is 155 Å². The maximum atomic E-state index is 7.26. The summed E-state index contributed by atoms with van der Waals surface area (Å²) in [6, 6.07) is 7.46. The molecule has 2 aliphatic rings. The molecule has 8 bridgehead atoms. The predicted molar refractivity (Wildman–Crippen MR) is 256 cm³/mol. The van der Waals surface area contributed by atoms with Crippen LogP contribution < -0.4 is 9.47 Å². The standard InChI is InChI=1S/C42H28Cl10N8O2/c1-13(2)9-11-61-33-27(47)21-19(25(45)31(33)51)38-55-36-16-8-6-5-7-15(16)35(53-36)54-37-17-18(24(44)30(50)29(49)23(17)43)39(56-37)58-40-20-22(42(59-40)60-41(21)57-38)28(48)34(32(52)26(20)46)62-12-10-14(3)4/h5-8,13-14H,9-12H2,1-4H3,(H2,53,54,55,56,57,58,59,60). The average Bonchev–Trinajstić information content (AvgIpc) is 3.98. The molecule has 2 N–H and O–H groups in total. The Kier molecular flexibility index (Phi) is 12.0. The van der Waals surface area contributed by atoms with Gasteiger partial charge in [0.25, 0.3) is 0 Å². The molecule has 0 radical (unpaired) electrons. The second-order valence-corrected chi connectivity index (χ2v) is 19.0. The molecule has 5 heterocycles. The Bertz CT molecular complexity index is 3240. The first-order chi connectivity index (χ1) is 29.6. The number of ether oxygens (including phenoxy) is 2. The van der Waals surface area contributed by atoms with Crippen LogP contribution in [0.5, 0.6) is 11.5 Å². The number of H-pyrrole nitrogens is 2. The minimum atomic E-state index is -0.00852. The van der Waals surface area contributed by atoms with Gasteiger partial charge in [-0.2, -0.15) is 0 Å². The number of hydrogen-bond donors (Lipinski definition) is 2. The van der Waals surface area contributed by atoms with Crippen molar-refractivity contribution >= 4 is 160 Å². The van der Waals surface area contributed by atoms with Crippen molar-refractivity contribution in [3.05, 3.63) is 74.5 Å². The zero-order valence-electron chi connectivity index (χ0n) is 32.6. The van der Waals surface area contributed by atoms with Gasteiger partial charge in [0.2, 0.25) is 0 Å². The topological polar surface area (TPSA) is 127 Å². The molecule has 0 fully saturated rings. The highest BCUT2D eigenvalue weighted by molar-refractivity contribution is 6.54. The number of nitrogens with zero attached hydrogens (tertiary/aromatic N) is 6. The number of benzene rings is 4. The summed E-state index contributed by atoms with van der Waals surface area (Å²) in [6.45, 7) is 8.91. The molecule has 3 aromatic heterocycles. The molecule has 0 atom stereocenters. The van der Waals surface area contributed by atoms with E-state index in [1.807, 2.05) is 24.3 Å². The van der Waals surface area contributed by atoms with E-state index in [9.17, 15) is 0 Å². The number of aromatic nitrogens is 8. The van der Waals surface area contributed by atoms with E-state index in [-0.39, 0.29) is 118 Å². The number of hydrogen-bond acceptors (Lipinski definition) is 8. The summed E-state index contributed by atoms with van der Waals surface area (Å²) in [5.41, 5.74) is 2.14. The van der Waals surface area contributed by atoms with Gasteiger partial charge in [-0.1, -0.05) is 168 Å². The first-order valence-corrected chi connectivity index (χ1v) is 22.8. The minimum absolute atomic E-state index is 0.00424. The first-order valence-electron chi connectivity index (χ1n) is 19.0. The minimum Gasteiger partial charge on any atom is -0.490 e. The number of fused-ring (bicyclic) bond motifs is 20. The van der Waals surface area contributed by atoms with Crippen molar-refractivity contribution in [2.24, 2.45) is 11.8 Å². The van der Waals surface area contributed by atoms with Crippen LogP contribution in [0.4, 0.5) is 0 Å². The smallest absolute Gasteiger partial charge is 0.166 e. The van der Waals surface area contributed by atoms with Crippen LogP contribution in [0.1, 0.15) is 40.5 Å². The zero-order chi connectivity index (χ0) is 44.0. The third-order valence-electron chi connectivity index (χ3n) is 10.3. The van der Waals surface area contributed by atoms with E-state index in [2.05, 4.69) is 37.7 Å². The van der Waals surface area contributed by atoms with Crippen LogP contribution in [0.15, 0.2) is 24.3 Å². The molecular weight excluding hydrogens is 1000 g/mol. The number of halogens is 10. The number of nitrogens with one attached hydrogen (secondary N) is 2. The Morgan fingerprint density at radius 3 is 1.23 bits per heavy atom. The molecule has 7 aromatic rings. The molecule has 318 valence electrons. The maximum absolute atomic E-state index is 7.26. The van der Waals surface area contributed by atoms with Gasteiger partial charge in [0.15, 0.2) is 34.8 Å². The van der Waals surface area contributed by atoms with Gasteiger partial charge >= 0.3 is 0 Å². The van der Waals surface area contributed by atoms with Crippen molar-refractivity contribution in [3.8, 4) is 57.1 Å². The van der Waals surface area contributed by atoms with Crippen molar-refractivity contribution in [2.45, 2.75) is 40.5 Å². The molecule has 9 rings (SSSR count). The van der Waals surface area contributed by atoms with Crippen LogP contribution in [0.25, 0.3) is 89.7 Å². The molecule has 0 amide bonds. The number of rotatable bonds is 8. The lowest BCUT2D eigenvalue weighted by molar-refractivity contribution is 0.290. The molecule has 62 heavy (non-hydrogen) atoms. The van der Waals surface area contributed by atoms with E-state index in [1.54, 1.807) is 0 Å². The van der Waals surface area contributed by atoms with Crippen molar-refractivity contribution in [2.75, 3.05) is 13.2 Å². The molecule has 20 heteroatoms. The van der Waals surface area contributed by atoms with Crippen LogP contribution in [-0.2, 0) is 0 Å². The van der Waals surface area contributed by atoms with Gasteiger partial charge in [-0.25, -0.2) is 29.9 Å². The summed E-state index contributed by atoms with van der Waals surface area (Å²) in [7, 11) is 0. The lowest BCUT2D eigenvalue weighted by atomic mass is 10.1. The van der Waals surface area contributed by atoms with Crippen LogP contribution >= 0.6 is 116 Å². The van der Waals surface area contributed by atoms with Crippen molar-refractivity contribution in [1.82, 2.24) is 39.9 Å². The summed E-state index contributed by atoms with van der Waals surface area (Å²) in [5.74, 6) is 1.36. The molecule has 0 spiro atoms. The van der Waals surface area contributed by atoms with Crippen LogP contribution in [-0.4, -0.2) is 53.1 Å². The summed E-state index contributed by atoms with van der Waals surface area (Å²) in [5, 5.41) is 2.49. The molecule has 0 saturated heterocycles. The second-order valence-electron chi connectivity index (χ2n) is 15.3. The van der Waals surface area contributed by atoms with E-state index in [1.165, 1.54) is 0 Å². The fourth-order valence-corrected chi connectivity index (χ4v) is 9.94. The summed E-state index contributed by atoms with van der Waals surface area (Å²) < 4.78 is 12.4. The van der Waals surface area contributed by atoms with Gasteiger partial charge in [-0.3, -0.25) is 0 Å². The maximum Gasteiger partial charge on any atom is 0.166 e. The average molecular weight is 1030 g/mol. The van der Waals surface area contributed by atoms with Gasteiger partial charge < -0.3 is 19.4 Å². The fourth-order valence-electron chi connectivity index (χ4n) is 7.14. The Balaban J connectivity index is 1.48. The quantitative estimate of drug-likeness (QED) is 0.114. The van der Waals surface area contributed by atoms with Gasteiger partial charge in [0.1, 0.15) is 32.6 Å². The number of aromatic amines is 2. The normalized spacial score (nSPS) is 12.3. The molecule has 0 aliphatic carbocycles. The van der Waals surface area contributed by atoms with Crippen molar-refractivity contribution in [1.29, 1.82) is 0 Å². The Hall–Kier alpha value is -3.26. The highest BCUT2D eigenvalue weighted by atomic mass is 35.5. The largest absolute Gasteiger partial charge is 0.490 e. The molecule has 4 aromatic carbocycles. The van der Waals surface area contributed by atoms with Crippen molar-refractivity contribution in [3.63, 3.8) is 0 Å². The van der Waals surface area contributed by atoms with E-state index in [0.717, 1.165) is 6.42 Å². The van der Waals surface area contributed by atoms with E-state index >= 15 is 0 Å². The zero-order valence-corrected chi connectivity index (χ0v) is 40.1. The van der Waals surface area contributed by atoms with Gasteiger partial charge in [0, 0.05) is 10.8 Å². The third kappa shape index (κ3) is 7.27. The lowest BCUT2D eigenvalue weighted by Crippen LogP contribution is -2.03. The molecule has 0 saturated carbocycles. The van der Waals surface area contributed by atoms with Crippen LogP contribution in [0, 0.1) is 11.8 Å². The Morgan fingerprint density at radius 2 is 0.774 bits per heavy atom. The highest BCUT2D eigenvalue weighted by Gasteiger charge is 2.34. The van der Waals surface area contributed by atoms with Crippen LogP contribution in [0.2, 0.25) is 50.2 Å². The second kappa shape index (κ2) is 16.9. The molecule has 10 nitrogen and oxygen atoms in total. The van der Waals surface area contributed by atoms with Crippen molar-refractivity contribution < 1.29 is 9.47 Å². The van der Waals surface area contributed by atoms with Gasteiger partial charge in [-0.15, -0.1) is 0 Å². The van der Waals surface area contributed by atoms with E-state index in [0.29, 0.717) is 64.7 Å². The van der Waals surface area contributed by atoms with Gasteiger partial charge in [-0.05, 0) is 24.7 Å². The molecular formula is C42H28Cl10N8O2. The fraction of sp³-hybridized carbons (Fsp3) is 0.238. The molecule has 0 unspecified atom stereocenters. The third-order valence-corrected chi connectivity index (χ3v) is 14.5.